The van der Waals surface area contributed by atoms with E-state index in [-0.39, 0.29) is 0 Å². The van der Waals surface area contributed by atoms with E-state index in [2.05, 4.69) is 240 Å². The molecule has 64 heavy (non-hydrogen) atoms. The molecule has 3 heterocycles. The van der Waals surface area contributed by atoms with Crippen LogP contribution in [0.4, 0.5) is 17.1 Å². The molecule has 0 amide bonds. The Kier molecular flexibility index (Phi) is 8.40. The van der Waals surface area contributed by atoms with Crippen molar-refractivity contribution < 1.29 is 4.42 Å². The Bertz CT molecular complexity index is 3880. The van der Waals surface area contributed by atoms with E-state index in [4.69, 9.17) is 4.42 Å². The number of thiophene rings is 1. The number of anilines is 3. The molecule has 0 bridgehead atoms. The molecule has 3 nitrogen and oxygen atoms in total. The van der Waals surface area contributed by atoms with E-state index >= 15 is 0 Å². The number of hydrogen-bond acceptors (Lipinski definition) is 3. The second-order valence-corrected chi connectivity index (χ2v) is 17.6. The molecule has 0 N–H and O–H groups in total. The van der Waals surface area contributed by atoms with Crippen molar-refractivity contribution in [2.75, 3.05) is 4.90 Å². The van der Waals surface area contributed by atoms with Crippen LogP contribution >= 0.6 is 11.3 Å². The smallest absolute Gasteiger partial charge is 0.143 e. The fourth-order valence-corrected chi connectivity index (χ4v) is 10.9. The van der Waals surface area contributed by atoms with E-state index in [1.165, 1.54) is 53.1 Å². The van der Waals surface area contributed by atoms with Gasteiger partial charge in [0, 0.05) is 69.9 Å². The van der Waals surface area contributed by atoms with Crippen LogP contribution in [0.25, 0.3) is 103 Å². The van der Waals surface area contributed by atoms with Crippen LogP contribution in [0.5, 0.6) is 0 Å². The number of furan rings is 1. The monoisotopic (exact) mass is 834 g/mol. The summed E-state index contributed by atoms with van der Waals surface area (Å²) in [6, 6.07) is 83.5. The largest absolute Gasteiger partial charge is 0.455 e. The van der Waals surface area contributed by atoms with Crippen LogP contribution < -0.4 is 4.90 Å². The molecule has 0 atom stereocenters. The Morgan fingerprint density at radius 3 is 1.84 bits per heavy atom. The lowest BCUT2D eigenvalue weighted by atomic mass is 9.97. The van der Waals surface area contributed by atoms with Gasteiger partial charge in [0.1, 0.15) is 11.2 Å². The van der Waals surface area contributed by atoms with Gasteiger partial charge in [0.15, 0.2) is 0 Å². The summed E-state index contributed by atoms with van der Waals surface area (Å²) in [5.74, 6) is 0. The number of para-hydroxylation sites is 4. The first-order valence-electron chi connectivity index (χ1n) is 21.7. The summed E-state index contributed by atoms with van der Waals surface area (Å²) in [5.41, 5.74) is 15.1. The average molecular weight is 835 g/mol. The van der Waals surface area contributed by atoms with Crippen molar-refractivity contribution in [2.24, 2.45) is 0 Å². The highest BCUT2D eigenvalue weighted by atomic mass is 32.1. The van der Waals surface area contributed by atoms with Gasteiger partial charge in [0.05, 0.1) is 16.7 Å². The van der Waals surface area contributed by atoms with Crippen molar-refractivity contribution >= 4 is 92.3 Å². The molecule has 4 heteroatoms. The third-order valence-electron chi connectivity index (χ3n) is 12.8. The van der Waals surface area contributed by atoms with Gasteiger partial charge in [0.2, 0.25) is 0 Å². The van der Waals surface area contributed by atoms with Crippen LogP contribution in [-0.4, -0.2) is 4.57 Å². The van der Waals surface area contributed by atoms with Gasteiger partial charge in [-0.1, -0.05) is 152 Å². The third kappa shape index (κ3) is 5.88. The Hall–Kier alpha value is -8.18. The van der Waals surface area contributed by atoms with E-state index < -0.39 is 0 Å². The number of nitrogens with zero attached hydrogens (tertiary/aromatic N) is 2. The summed E-state index contributed by atoms with van der Waals surface area (Å²) in [6.07, 6.45) is 0. The van der Waals surface area contributed by atoms with Crippen LogP contribution in [0.1, 0.15) is 0 Å². The normalized spacial score (nSPS) is 11.8. The van der Waals surface area contributed by atoms with Crippen molar-refractivity contribution in [2.45, 2.75) is 0 Å². The van der Waals surface area contributed by atoms with Crippen molar-refractivity contribution in [3.05, 3.63) is 231 Å². The number of rotatable bonds is 7. The lowest BCUT2D eigenvalue weighted by molar-refractivity contribution is 0.670. The average Bonchev–Trinajstić information content (AvgIpc) is 4.04. The standard InChI is InChI=1S/C60H38N2OS/c1-2-16-39(17-3-1)40-18-14-20-43(34-40)61(54-27-9-4-22-46(54)42-32-33-59-52(36-42)50-26-8-13-31-58(50)64-59)45-37-51(60-53(38-45)49-25-7-12-30-57(49)63-60)41-19-15-21-44(35-41)62-55-28-10-5-23-47(55)48-24-6-11-29-56(48)62/h1-38H. The second-order valence-electron chi connectivity index (χ2n) is 16.5. The number of aromatic nitrogens is 1. The van der Waals surface area contributed by atoms with E-state index in [0.29, 0.717) is 0 Å². The first-order valence-corrected chi connectivity index (χ1v) is 22.6. The van der Waals surface area contributed by atoms with Crippen LogP contribution in [-0.2, 0) is 0 Å². The molecule has 13 aromatic rings. The predicted octanol–water partition coefficient (Wildman–Crippen LogP) is 17.5. The quantitative estimate of drug-likeness (QED) is 0.159. The summed E-state index contributed by atoms with van der Waals surface area (Å²) in [7, 11) is 0. The molecular weight excluding hydrogens is 797 g/mol. The molecule has 0 aliphatic carbocycles. The topological polar surface area (TPSA) is 21.3 Å². The number of hydrogen-bond donors (Lipinski definition) is 0. The molecular formula is C60H38N2OS. The first kappa shape index (κ1) is 36.5. The first-order chi connectivity index (χ1) is 31.7. The van der Waals surface area contributed by atoms with Gasteiger partial charge in [-0.25, -0.2) is 0 Å². The Morgan fingerprint density at radius 2 is 1.00 bits per heavy atom. The van der Waals surface area contributed by atoms with Gasteiger partial charge in [-0.15, -0.1) is 11.3 Å². The Labute approximate surface area is 373 Å². The Balaban J connectivity index is 1.07. The van der Waals surface area contributed by atoms with Crippen LogP contribution in [0, 0.1) is 0 Å². The van der Waals surface area contributed by atoms with Crippen molar-refractivity contribution in [3.63, 3.8) is 0 Å². The fourth-order valence-electron chi connectivity index (χ4n) is 9.86. The molecule has 0 unspecified atom stereocenters. The summed E-state index contributed by atoms with van der Waals surface area (Å²) < 4.78 is 11.9. The molecule has 10 aromatic carbocycles. The third-order valence-corrected chi connectivity index (χ3v) is 13.9. The van der Waals surface area contributed by atoms with E-state index in [9.17, 15) is 0 Å². The molecule has 3 aromatic heterocycles. The van der Waals surface area contributed by atoms with Crippen molar-refractivity contribution in [1.82, 2.24) is 4.57 Å². The van der Waals surface area contributed by atoms with E-state index in [1.54, 1.807) is 0 Å². The zero-order chi connectivity index (χ0) is 42.1. The highest BCUT2D eigenvalue weighted by Gasteiger charge is 2.23. The minimum atomic E-state index is 0.865. The van der Waals surface area contributed by atoms with Gasteiger partial charge >= 0.3 is 0 Å². The molecule has 0 saturated heterocycles. The van der Waals surface area contributed by atoms with Gasteiger partial charge in [-0.3, -0.25) is 0 Å². The lowest BCUT2D eigenvalue weighted by Gasteiger charge is -2.29. The van der Waals surface area contributed by atoms with Crippen LogP contribution in [0.15, 0.2) is 235 Å². The van der Waals surface area contributed by atoms with Gasteiger partial charge in [-0.05, 0) is 101 Å². The lowest BCUT2D eigenvalue weighted by Crippen LogP contribution is -2.11. The van der Waals surface area contributed by atoms with Crippen molar-refractivity contribution in [1.29, 1.82) is 0 Å². The number of fused-ring (bicyclic) bond motifs is 9. The molecule has 0 fully saturated rings. The maximum absolute atomic E-state index is 6.87. The zero-order valence-electron chi connectivity index (χ0n) is 34.7. The molecule has 13 rings (SSSR count). The summed E-state index contributed by atoms with van der Waals surface area (Å²) in [5, 5.41) is 7.20. The predicted molar refractivity (Wildman–Crippen MR) is 272 cm³/mol. The molecule has 0 saturated carbocycles. The van der Waals surface area contributed by atoms with E-state index in [1.807, 2.05) is 11.3 Å². The maximum atomic E-state index is 6.87. The molecule has 300 valence electrons. The molecule has 0 aliphatic rings. The minimum absolute atomic E-state index is 0.865. The van der Waals surface area contributed by atoms with Crippen LogP contribution in [0.3, 0.4) is 0 Å². The molecule has 0 radical (unpaired) electrons. The summed E-state index contributed by atoms with van der Waals surface area (Å²) in [4.78, 5) is 2.44. The second kappa shape index (κ2) is 14.7. The Morgan fingerprint density at radius 1 is 0.359 bits per heavy atom. The summed E-state index contributed by atoms with van der Waals surface area (Å²) in [6.45, 7) is 0. The van der Waals surface area contributed by atoms with Gasteiger partial charge in [-0.2, -0.15) is 0 Å². The highest BCUT2D eigenvalue weighted by Crippen LogP contribution is 2.47. The molecule has 0 aliphatic heterocycles. The van der Waals surface area contributed by atoms with Crippen molar-refractivity contribution in [3.8, 4) is 39.1 Å². The minimum Gasteiger partial charge on any atom is -0.455 e. The zero-order valence-corrected chi connectivity index (χ0v) is 35.5. The van der Waals surface area contributed by atoms with E-state index in [0.717, 1.165) is 66.9 Å². The van der Waals surface area contributed by atoms with Crippen LogP contribution in [0.2, 0.25) is 0 Å². The molecule has 0 spiro atoms. The summed E-state index contributed by atoms with van der Waals surface area (Å²) >= 11 is 1.85. The van der Waals surface area contributed by atoms with Gasteiger partial charge < -0.3 is 13.9 Å². The SMILES string of the molecule is c1ccc(-c2cccc(N(c3cc(-c4cccc(-n5c6ccccc6c6ccccc65)c4)c4oc5ccccc5c4c3)c3ccccc3-c3ccc4sc5ccccc5c4c3)c2)cc1. The fraction of sp³-hybridized carbons (Fsp3) is 0. The maximum Gasteiger partial charge on any atom is 0.143 e. The number of benzene rings is 10. The highest BCUT2D eigenvalue weighted by molar-refractivity contribution is 7.25. The van der Waals surface area contributed by atoms with Gasteiger partial charge in [0.25, 0.3) is 0 Å².